The van der Waals surface area contributed by atoms with E-state index < -0.39 is 23.0 Å². The lowest BCUT2D eigenvalue weighted by molar-refractivity contribution is -0.141. The lowest BCUT2D eigenvalue weighted by Crippen LogP contribution is -2.40. The molecule has 0 unspecified atom stereocenters. The molecular weight excluding hydrogens is 399 g/mol. The fraction of sp³-hybridized carbons (Fsp3) is 0.286. The van der Waals surface area contributed by atoms with Gasteiger partial charge in [0.1, 0.15) is 5.65 Å². The van der Waals surface area contributed by atoms with E-state index in [0.717, 1.165) is 11.3 Å². The van der Waals surface area contributed by atoms with Crippen molar-refractivity contribution in [2.45, 2.75) is 13.1 Å². The quantitative estimate of drug-likeness (QED) is 0.643. The SMILES string of the molecule is Cc1c(C(F)(F)F)nc2c(-c3ccc(C(=O)N4CCOCC4)cc3)cccn2c1=O. The first-order chi connectivity index (χ1) is 14.3. The van der Waals surface area contributed by atoms with Crippen LogP contribution in [0.2, 0.25) is 0 Å². The first-order valence-electron chi connectivity index (χ1n) is 9.34. The van der Waals surface area contributed by atoms with Crippen LogP contribution in [-0.4, -0.2) is 46.5 Å². The van der Waals surface area contributed by atoms with Crippen LogP contribution >= 0.6 is 0 Å². The number of carbonyl (C=O) groups is 1. The molecule has 3 heterocycles. The molecule has 0 aliphatic carbocycles. The van der Waals surface area contributed by atoms with Gasteiger partial charge in [0.25, 0.3) is 11.5 Å². The van der Waals surface area contributed by atoms with Crippen LogP contribution in [-0.2, 0) is 10.9 Å². The highest BCUT2D eigenvalue weighted by Crippen LogP contribution is 2.31. The Bertz CT molecular complexity index is 1160. The molecule has 6 nitrogen and oxygen atoms in total. The zero-order valence-electron chi connectivity index (χ0n) is 16.1. The van der Waals surface area contributed by atoms with Crippen molar-refractivity contribution < 1.29 is 22.7 Å². The van der Waals surface area contributed by atoms with Gasteiger partial charge in [0.05, 0.1) is 13.2 Å². The summed E-state index contributed by atoms with van der Waals surface area (Å²) in [4.78, 5) is 30.5. The molecule has 1 aliphatic heterocycles. The molecule has 0 spiro atoms. The molecule has 156 valence electrons. The summed E-state index contributed by atoms with van der Waals surface area (Å²) >= 11 is 0. The summed E-state index contributed by atoms with van der Waals surface area (Å²) in [6, 6.07) is 9.69. The van der Waals surface area contributed by atoms with Crippen molar-refractivity contribution in [1.82, 2.24) is 14.3 Å². The molecule has 9 heteroatoms. The van der Waals surface area contributed by atoms with Crippen molar-refractivity contribution in [3.63, 3.8) is 0 Å². The molecule has 0 bridgehead atoms. The largest absolute Gasteiger partial charge is 0.433 e. The zero-order valence-corrected chi connectivity index (χ0v) is 16.1. The van der Waals surface area contributed by atoms with Gasteiger partial charge in [-0.1, -0.05) is 12.1 Å². The molecule has 1 amide bonds. The minimum atomic E-state index is -4.74. The van der Waals surface area contributed by atoms with Gasteiger partial charge in [0.15, 0.2) is 5.69 Å². The van der Waals surface area contributed by atoms with Crippen molar-refractivity contribution in [2.24, 2.45) is 0 Å². The Kier molecular flexibility index (Phi) is 5.07. The number of halogens is 3. The summed E-state index contributed by atoms with van der Waals surface area (Å²) in [6.45, 7) is 3.11. The third kappa shape index (κ3) is 3.56. The summed E-state index contributed by atoms with van der Waals surface area (Å²) in [7, 11) is 0. The maximum Gasteiger partial charge on any atom is 0.433 e. The molecule has 4 rings (SSSR count). The Labute approximate surface area is 169 Å². The van der Waals surface area contributed by atoms with Crippen molar-refractivity contribution in [1.29, 1.82) is 0 Å². The second-order valence-electron chi connectivity index (χ2n) is 6.99. The summed E-state index contributed by atoms with van der Waals surface area (Å²) in [6.07, 6.45) is -3.35. The number of hydrogen-bond donors (Lipinski definition) is 0. The zero-order chi connectivity index (χ0) is 21.5. The smallest absolute Gasteiger partial charge is 0.378 e. The molecular formula is C21H18F3N3O3. The van der Waals surface area contributed by atoms with E-state index in [2.05, 4.69) is 4.98 Å². The number of ether oxygens (including phenoxy) is 1. The first kappa shape index (κ1) is 20.1. The minimum absolute atomic E-state index is 0.0901. The van der Waals surface area contributed by atoms with Gasteiger partial charge in [-0.05, 0) is 36.8 Å². The summed E-state index contributed by atoms with van der Waals surface area (Å²) in [5, 5.41) is 0. The van der Waals surface area contributed by atoms with Crippen LogP contribution in [0.25, 0.3) is 16.8 Å². The van der Waals surface area contributed by atoms with Crippen LogP contribution in [0.4, 0.5) is 13.2 Å². The van der Waals surface area contributed by atoms with Crippen LogP contribution in [0.5, 0.6) is 0 Å². The minimum Gasteiger partial charge on any atom is -0.378 e. The molecule has 0 atom stereocenters. The number of benzene rings is 1. The molecule has 1 aromatic carbocycles. The number of alkyl halides is 3. The highest BCUT2D eigenvalue weighted by molar-refractivity contribution is 5.95. The number of nitrogens with zero attached hydrogens (tertiary/aromatic N) is 3. The topological polar surface area (TPSA) is 63.9 Å². The van der Waals surface area contributed by atoms with E-state index in [0.29, 0.717) is 43.0 Å². The van der Waals surface area contributed by atoms with Gasteiger partial charge < -0.3 is 9.64 Å². The highest BCUT2D eigenvalue weighted by Gasteiger charge is 2.36. The molecule has 3 aromatic rings. The number of pyridine rings is 1. The van der Waals surface area contributed by atoms with Gasteiger partial charge in [-0.3, -0.25) is 14.0 Å². The third-order valence-electron chi connectivity index (χ3n) is 5.09. The summed E-state index contributed by atoms with van der Waals surface area (Å²) in [5.41, 5.74) is -1.12. The Morgan fingerprint density at radius 1 is 1.10 bits per heavy atom. The van der Waals surface area contributed by atoms with E-state index in [-0.39, 0.29) is 11.6 Å². The van der Waals surface area contributed by atoms with E-state index in [1.54, 1.807) is 41.3 Å². The number of aromatic nitrogens is 2. The first-order valence-corrected chi connectivity index (χ1v) is 9.34. The molecule has 0 N–H and O–H groups in total. The average Bonchev–Trinajstić information content (AvgIpc) is 2.75. The lowest BCUT2D eigenvalue weighted by atomic mass is 10.0. The second-order valence-corrected chi connectivity index (χ2v) is 6.99. The normalized spacial score (nSPS) is 14.9. The standard InChI is InChI=1S/C21H18F3N3O3/c1-13-17(21(22,23)24)25-18-16(3-2-8-27(18)19(13)28)14-4-6-15(7-5-14)20(29)26-9-11-30-12-10-26/h2-8H,9-12H2,1H3. The van der Waals surface area contributed by atoms with E-state index >= 15 is 0 Å². The Balaban J connectivity index is 1.77. The number of amides is 1. The lowest BCUT2D eigenvalue weighted by Gasteiger charge is -2.26. The Morgan fingerprint density at radius 2 is 1.77 bits per heavy atom. The van der Waals surface area contributed by atoms with E-state index in [1.165, 1.54) is 6.20 Å². The van der Waals surface area contributed by atoms with Crippen molar-refractivity contribution in [3.8, 4) is 11.1 Å². The van der Waals surface area contributed by atoms with Crippen LogP contribution in [0, 0.1) is 6.92 Å². The van der Waals surface area contributed by atoms with E-state index in [4.69, 9.17) is 4.74 Å². The van der Waals surface area contributed by atoms with Crippen LogP contribution in [0.15, 0.2) is 47.4 Å². The predicted molar refractivity (Wildman–Crippen MR) is 103 cm³/mol. The second kappa shape index (κ2) is 7.56. The van der Waals surface area contributed by atoms with E-state index in [9.17, 15) is 22.8 Å². The summed E-state index contributed by atoms with van der Waals surface area (Å²) < 4.78 is 46.4. The molecule has 1 fully saturated rings. The molecule has 0 saturated carbocycles. The number of rotatable bonds is 2. The number of morpholine rings is 1. The fourth-order valence-electron chi connectivity index (χ4n) is 3.49. The van der Waals surface area contributed by atoms with Gasteiger partial charge in [0.2, 0.25) is 0 Å². The fourth-order valence-corrected chi connectivity index (χ4v) is 3.49. The van der Waals surface area contributed by atoms with Gasteiger partial charge in [-0.15, -0.1) is 0 Å². The maximum absolute atomic E-state index is 13.3. The van der Waals surface area contributed by atoms with Gasteiger partial charge >= 0.3 is 6.18 Å². The van der Waals surface area contributed by atoms with Crippen molar-refractivity contribution in [3.05, 3.63) is 69.8 Å². The number of hydrogen-bond acceptors (Lipinski definition) is 4. The molecule has 2 aromatic heterocycles. The van der Waals surface area contributed by atoms with E-state index in [1.807, 2.05) is 0 Å². The number of fused-ring (bicyclic) bond motifs is 1. The third-order valence-corrected chi connectivity index (χ3v) is 5.09. The number of carbonyl (C=O) groups excluding carboxylic acids is 1. The van der Waals surface area contributed by atoms with Crippen molar-refractivity contribution in [2.75, 3.05) is 26.3 Å². The van der Waals surface area contributed by atoms with Crippen LogP contribution < -0.4 is 5.56 Å². The molecule has 1 aliphatic rings. The van der Waals surface area contributed by atoms with Crippen molar-refractivity contribution >= 4 is 11.6 Å². The Morgan fingerprint density at radius 3 is 2.40 bits per heavy atom. The average molecular weight is 417 g/mol. The van der Waals surface area contributed by atoms with Gasteiger partial charge in [0, 0.05) is 36.0 Å². The molecule has 0 radical (unpaired) electrons. The predicted octanol–water partition coefficient (Wildman–Crippen LogP) is 3.16. The maximum atomic E-state index is 13.3. The van der Waals surface area contributed by atoms with Gasteiger partial charge in [-0.2, -0.15) is 13.2 Å². The van der Waals surface area contributed by atoms with Crippen LogP contribution in [0.3, 0.4) is 0 Å². The highest BCUT2D eigenvalue weighted by atomic mass is 19.4. The summed E-state index contributed by atoms with van der Waals surface area (Å²) in [5.74, 6) is -0.132. The Hall–Kier alpha value is -3.20. The molecule has 30 heavy (non-hydrogen) atoms. The monoisotopic (exact) mass is 417 g/mol. The van der Waals surface area contributed by atoms with Crippen LogP contribution in [0.1, 0.15) is 21.6 Å². The molecule has 1 saturated heterocycles. The van der Waals surface area contributed by atoms with Gasteiger partial charge in [-0.25, -0.2) is 4.98 Å².